The van der Waals surface area contributed by atoms with E-state index in [2.05, 4.69) is 22.3 Å². The van der Waals surface area contributed by atoms with E-state index in [1.165, 1.54) is 43.5 Å². The molecule has 4 fully saturated rings. The lowest BCUT2D eigenvalue weighted by atomic mass is 9.87. The minimum absolute atomic E-state index is 0.0404. The Morgan fingerprint density at radius 3 is 2.54 bits per heavy atom. The molecule has 28 heavy (non-hydrogen) atoms. The normalized spacial score (nSPS) is 33.9. The van der Waals surface area contributed by atoms with Gasteiger partial charge in [-0.1, -0.05) is 0 Å². The van der Waals surface area contributed by atoms with Crippen molar-refractivity contribution in [2.24, 2.45) is 31.8 Å². The fraction of sp³-hybridized carbons (Fsp3) is 0.682. The van der Waals surface area contributed by atoms with Crippen LogP contribution in [0.4, 0.5) is 11.4 Å². The molecule has 1 N–H and O–H groups in total. The number of hydrogen-bond acceptors (Lipinski definition) is 4. The van der Waals surface area contributed by atoms with Crippen LogP contribution in [0, 0.1) is 17.8 Å². The van der Waals surface area contributed by atoms with Crippen LogP contribution in [-0.4, -0.2) is 41.0 Å². The third-order valence-corrected chi connectivity index (χ3v) is 7.98. The van der Waals surface area contributed by atoms with Gasteiger partial charge in [0.25, 0.3) is 0 Å². The van der Waals surface area contributed by atoms with Crippen molar-refractivity contribution in [3.05, 3.63) is 22.6 Å². The molecule has 150 valence electrons. The standard InChI is InChI=1S/C22H30N4O2/c1-24-18-10-16(23-20-13-8-14-12-28-21(20)15(14)9-13)17(26-6-4-3-5-7-26)11-19(18)25(2)22(24)27/h10-11,13-15,20-21,23H,3-9,12H2,1-2H3/t13-,14-,15+,20?,21+/m1/s1. The summed E-state index contributed by atoms with van der Waals surface area (Å²) in [7, 11) is 3.75. The van der Waals surface area contributed by atoms with Gasteiger partial charge in [0.05, 0.1) is 41.2 Å². The maximum absolute atomic E-state index is 12.5. The lowest BCUT2D eigenvalue weighted by Gasteiger charge is -2.34. The van der Waals surface area contributed by atoms with Crippen molar-refractivity contribution in [3.8, 4) is 0 Å². The smallest absolute Gasteiger partial charge is 0.328 e. The maximum Gasteiger partial charge on any atom is 0.328 e. The number of rotatable bonds is 3. The first-order valence-electron chi connectivity index (χ1n) is 10.9. The first-order chi connectivity index (χ1) is 13.6. The summed E-state index contributed by atoms with van der Waals surface area (Å²) in [5, 5.41) is 3.92. The molecule has 4 aliphatic rings. The number of nitrogens with zero attached hydrogens (tertiary/aromatic N) is 3. The molecule has 6 rings (SSSR count). The van der Waals surface area contributed by atoms with E-state index in [0.717, 1.165) is 48.5 Å². The fourth-order valence-corrected chi connectivity index (χ4v) is 6.51. The predicted molar refractivity (Wildman–Crippen MR) is 111 cm³/mol. The van der Waals surface area contributed by atoms with Crippen molar-refractivity contribution in [2.75, 3.05) is 29.9 Å². The lowest BCUT2D eigenvalue weighted by Crippen LogP contribution is -2.39. The lowest BCUT2D eigenvalue weighted by molar-refractivity contribution is 0.0931. The Hall–Kier alpha value is -1.95. The maximum atomic E-state index is 12.5. The van der Waals surface area contributed by atoms with Crippen LogP contribution in [0.3, 0.4) is 0 Å². The summed E-state index contributed by atoms with van der Waals surface area (Å²) in [6.07, 6.45) is 6.80. The summed E-state index contributed by atoms with van der Waals surface area (Å²) in [5.41, 5.74) is 4.50. The molecule has 6 nitrogen and oxygen atoms in total. The monoisotopic (exact) mass is 382 g/mol. The van der Waals surface area contributed by atoms with E-state index in [0.29, 0.717) is 12.1 Å². The van der Waals surface area contributed by atoms with Gasteiger partial charge < -0.3 is 15.0 Å². The average Bonchev–Trinajstić information content (AvgIpc) is 3.40. The number of ether oxygens (including phenoxy) is 1. The van der Waals surface area contributed by atoms with Gasteiger partial charge in [0.15, 0.2) is 0 Å². The summed E-state index contributed by atoms with van der Waals surface area (Å²) in [4.78, 5) is 15.0. The Morgan fingerprint density at radius 1 is 1.00 bits per heavy atom. The Morgan fingerprint density at radius 2 is 1.75 bits per heavy atom. The highest BCUT2D eigenvalue weighted by Crippen LogP contribution is 2.55. The van der Waals surface area contributed by atoms with Crippen molar-refractivity contribution in [1.29, 1.82) is 0 Å². The Labute approximate surface area is 165 Å². The van der Waals surface area contributed by atoms with E-state index < -0.39 is 0 Å². The van der Waals surface area contributed by atoms with Crippen molar-refractivity contribution in [2.45, 2.75) is 44.2 Å². The van der Waals surface area contributed by atoms with E-state index in [9.17, 15) is 4.79 Å². The Balaban J connectivity index is 1.44. The van der Waals surface area contributed by atoms with E-state index in [1.54, 1.807) is 9.13 Å². The molecular formula is C22H30N4O2. The number of fused-ring (bicyclic) bond motifs is 2. The Bertz CT molecular complexity index is 985. The molecule has 1 aromatic carbocycles. The number of imidazole rings is 1. The molecular weight excluding hydrogens is 352 g/mol. The van der Waals surface area contributed by atoms with Gasteiger partial charge in [0.2, 0.25) is 0 Å². The van der Waals surface area contributed by atoms with Gasteiger partial charge >= 0.3 is 5.69 Å². The molecule has 2 bridgehead atoms. The van der Waals surface area contributed by atoms with Gasteiger partial charge in [-0.25, -0.2) is 4.79 Å². The summed E-state index contributed by atoms with van der Waals surface area (Å²) >= 11 is 0. The van der Waals surface area contributed by atoms with Gasteiger partial charge in [0.1, 0.15) is 0 Å². The van der Waals surface area contributed by atoms with Gasteiger partial charge in [-0.05, 0) is 62.0 Å². The number of benzene rings is 1. The fourth-order valence-electron chi connectivity index (χ4n) is 6.51. The molecule has 2 saturated carbocycles. The van der Waals surface area contributed by atoms with E-state index in [1.807, 2.05) is 14.1 Å². The zero-order chi connectivity index (χ0) is 19.0. The Kier molecular flexibility index (Phi) is 3.65. The largest absolute Gasteiger partial charge is 0.378 e. The summed E-state index contributed by atoms with van der Waals surface area (Å²) < 4.78 is 9.74. The van der Waals surface area contributed by atoms with Crippen molar-refractivity contribution < 1.29 is 4.74 Å². The number of anilines is 2. The molecule has 2 aromatic rings. The second kappa shape index (κ2) is 6.02. The molecule has 0 amide bonds. The third kappa shape index (κ3) is 2.27. The SMILES string of the molecule is Cn1c(=O)n(C)c2cc(N3CCCCC3)c(NC3[C@@H]4C[C@@H]5CO[C@H]3[C@H]5C4)cc21. The van der Waals surface area contributed by atoms with Gasteiger partial charge in [-0.3, -0.25) is 9.13 Å². The highest BCUT2D eigenvalue weighted by molar-refractivity contribution is 5.89. The molecule has 2 aliphatic carbocycles. The zero-order valence-electron chi connectivity index (χ0n) is 16.9. The minimum atomic E-state index is 0.0404. The van der Waals surface area contributed by atoms with E-state index in [-0.39, 0.29) is 5.69 Å². The van der Waals surface area contributed by atoms with Gasteiger partial charge in [-0.2, -0.15) is 0 Å². The molecule has 1 aromatic heterocycles. The molecule has 3 heterocycles. The van der Waals surface area contributed by atoms with Crippen LogP contribution in [0.25, 0.3) is 11.0 Å². The predicted octanol–water partition coefficient (Wildman–Crippen LogP) is 2.70. The topological polar surface area (TPSA) is 51.4 Å². The highest BCUT2D eigenvalue weighted by atomic mass is 16.5. The van der Waals surface area contributed by atoms with Crippen LogP contribution in [-0.2, 0) is 18.8 Å². The molecule has 2 aliphatic heterocycles. The van der Waals surface area contributed by atoms with Crippen LogP contribution in [0.2, 0.25) is 0 Å². The van der Waals surface area contributed by atoms with E-state index >= 15 is 0 Å². The number of aromatic nitrogens is 2. The second-order valence-electron chi connectivity index (χ2n) is 9.43. The average molecular weight is 383 g/mol. The molecule has 0 spiro atoms. The van der Waals surface area contributed by atoms with Gasteiger partial charge in [-0.15, -0.1) is 0 Å². The molecule has 2 saturated heterocycles. The summed E-state index contributed by atoms with van der Waals surface area (Å²) in [6.45, 7) is 3.15. The second-order valence-corrected chi connectivity index (χ2v) is 9.43. The first-order valence-corrected chi connectivity index (χ1v) is 10.9. The minimum Gasteiger partial charge on any atom is -0.378 e. The van der Waals surface area contributed by atoms with Crippen LogP contribution >= 0.6 is 0 Å². The number of nitrogens with one attached hydrogen (secondary N) is 1. The number of aryl methyl sites for hydroxylation is 2. The molecule has 6 heteroatoms. The van der Waals surface area contributed by atoms with E-state index in [4.69, 9.17) is 4.74 Å². The van der Waals surface area contributed by atoms with Crippen molar-refractivity contribution in [1.82, 2.24) is 9.13 Å². The van der Waals surface area contributed by atoms with Crippen LogP contribution in [0.1, 0.15) is 32.1 Å². The highest BCUT2D eigenvalue weighted by Gasteiger charge is 2.57. The molecule has 0 radical (unpaired) electrons. The number of hydrogen-bond donors (Lipinski definition) is 1. The van der Waals surface area contributed by atoms with Crippen LogP contribution in [0.5, 0.6) is 0 Å². The van der Waals surface area contributed by atoms with Crippen molar-refractivity contribution in [3.63, 3.8) is 0 Å². The summed E-state index contributed by atoms with van der Waals surface area (Å²) in [6, 6.07) is 4.85. The van der Waals surface area contributed by atoms with Crippen LogP contribution in [0.15, 0.2) is 16.9 Å². The quantitative estimate of drug-likeness (QED) is 0.887. The molecule has 5 atom stereocenters. The van der Waals surface area contributed by atoms with Crippen molar-refractivity contribution >= 4 is 22.4 Å². The zero-order valence-corrected chi connectivity index (χ0v) is 16.9. The third-order valence-electron chi connectivity index (χ3n) is 7.98. The van der Waals surface area contributed by atoms with Gasteiger partial charge in [0, 0.05) is 27.2 Å². The first kappa shape index (κ1) is 17.0. The van der Waals surface area contributed by atoms with Crippen LogP contribution < -0.4 is 15.9 Å². The summed E-state index contributed by atoms with van der Waals surface area (Å²) in [5.74, 6) is 2.28. The number of piperidine rings is 1. The molecule has 1 unspecified atom stereocenters.